The van der Waals surface area contributed by atoms with Crippen LogP contribution in [-0.2, 0) is 20.2 Å². The first-order valence-electron chi connectivity index (χ1n) is 9.13. The van der Waals surface area contributed by atoms with Gasteiger partial charge in [0.15, 0.2) is 0 Å². The van der Waals surface area contributed by atoms with E-state index in [0.717, 1.165) is 0 Å². The summed E-state index contributed by atoms with van der Waals surface area (Å²) in [5, 5.41) is -12.4. The van der Waals surface area contributed by atoms with Crippen molar-refractivity contribution in [3.63, 3.8) is 0 Å². The quantitative estimate of drug-likeness (QED) is 0.204. The molecule has 8 nitrogen and oxygen atoms in total. The average molecular weight is 623 g/mol. The molecule has 0 atom stereocenters. The third kappa shape index (κ3) is 5.90. The topological polar surface area (TPSA) is 127 Å². The standard InChI is InChI=1S/C16H13F12NO7S2/c1-11(17,18)13(21,22)12(19,20)6-7-29-10(30)8-2-4-9(5-3-8)36-38(34,35)16(27,28)14(23,24)15(25,26)37(31,32)33/h2-5H,6-7H2,1H3,(H,29,30)(H,31,32,33). The minimum absolute atomic E-state index is 0.252. The molecule has 0 unspecified atom stereocenters. The normalized spacial score (nSPS) is 14.8. The van der Waals surface area contributed by atoms with Crippen molar-refractivity contribution < 1.29 is 83.1 Å². The van der Waals surface area contributed by atoms with E-state index in [9.17, 15) is 74.3 Å². The van der Waals surface area contributed by atoms with E-state index in [1.165, 1.54) is 0 Å². The molecule has 0 aliphatic heterocycles. The smallest absolute Gasteiger partial charge is 0.378 e. The van der Waals surface area contributed by atoms with E-state index in [1.807, 2.05) is 0 Å². The van der Waals surface area contributed by atoms with Gasteiger partial charge in [0.25, 0.3) is 5.91 Å². The molecule has 0 saturated carbocycles. The van der Waals surface area contributed by atoms with E-state index in [-0.39, 0.29) is 12.1 Å². The van der Waals surface area contributed by atoms with Crippen LogP contribution in [0.15, 0.2) is 24.3 Å². The number of carbonyl (C=O) groups is 1. The van der Waals surface area contributed by atoms with Crippen molar-refractivity contribution >= 4 is 26.1 Å². The van der Waals surface area contributed by atoms with Crippen molar-refractivity contribution in [2.45, 2.75) is 47.5 Å². The number of hydrogen-bond acceptors (Lipinski definition) is 6. The van der Waals surface area contributed by atoms with Crippen LogP contribution in [0.3, 0.4) is 0 Å². The first kappa shape index (κ1) is 33.5. The van der Waals surface area contributed by atoms with E-state index in [0.29, 0.717) is 12.1 Å². The third-order valence-corrected chi connectivity index (χ3v) is 6.63. The van der Waals surface area contributed by atoms with Gasteiger partial charge in [0.1, 0.15) is 5.75 Å². The van der Waals surface area contributed by atoms with Crippen molar-refractivity contribution in [1.29, 1.82) is 0 Å². The van der Waals surface area contributed by atoms with Crippen molar-refractivity contribution in [1.82, 2.24) is 5.32 Å². The summed E-state index contributed by atoms with van der Waals surface area (Å²) >= 11 is 0. The van der Waals surface area contributed by atoms with Gasteiger partial charge in [0, 0.05) is 25.5 Å². The van der Waals surface area contributed by atoms with E-state index in [1.54, 1.807) is 5.32 Å². The van der Waals surface area contributed by atoms with Gasteiger partial charge in [-0.3, -0.25) is 9.35 Å². The number of rotatable bonds is 12. The predicted molar refractivity (Wildman–Crippen MR) is 99.8 cm³/mol. The van der Waals surface area contributed by atoms with Crippen LogP contribution < -0.4 is 9.50 Å². The first-order valence-corrected chi connectivity index (χ1v) is 12.0. The third-order valence-electron chi connectivity index (χ3n) is 4.43. The summed E-state index contributed by atoms with van der Waals surface area (Å²) in [6.45, 7) is -1.80. The summed E-state index contributed by atoms with van der Waals surface area (Å²) in [6.07, 6.45) is -1.99. The predicted octanol–water partition coefficient (Wildman–Crippen LogP) is 4.15. The lowest BCUT2D eigenvalue weighted by molar-refractivity contribution is -0.303. The molecule has 0 aliphatic carbocycles. The van der Waals surface area contributed by atoms with Gasteiger partial charge >= 0.3 is 54.4 Å². The molecule has 0 aliphatic rings. The van der Waals surface area contributed by atoms with Crippen molar-refractivity contribution in [2.75, 3.05) is 6.54 Å². The lowest BCUT2D eigenvalue weighted by Gasteiger charge is -2.30. The molecule has 38 heavy (non-hydrogen) atoms. The Morgan fingerprint density at radius 3 is 1.66 bits per heavy atom. The fraction of sp³-hybridized carbons (Fsp3) is 0.562. The summed E-state index contributed by atoms with van der Waals surface area (Å²) < 4.78 is 215. The zero-order chi connectivity index (χ0) is 30.4. The molecular weight excluding hydrogens is 610 g/mol. The Hall–Kier alpha value is -2.49. The zero-order valence-corrected chi connectivity index (χ0v) is 19.6. The van der Waals surface area contributed by atoms with E-state index < -0.39 is 91.5 Å². The summed E-state index contributed by atoms with van der Waals surface area (Å²) in [5.74, 6) is -26.3. The van der Waals surface area contributed by atoms with Crippen LogP contribution in [0.2, 0.25) is 0 Å². The maximum atomic E-state index is 13.7. The van der Waals surface area contributed by atoms with Gasteiger partial charge in [-0.25, -0.2) is 0 Å². The van der Waals surface area contributed by atoms with Crippen LogP contribution in [0.1, 0.15) is 23.7 Å². The van der Waals surface area contributed by atoms with Gasteiger partial charge < -0.3 is 9.50 Å². The summed E-state index contributed by atoms with van der Waals surface area (Å²) in [6, 6.07) is 1.39. The molecule has 1 aromatic carbocycles. The van der Waals surface area contributed by atoms with Crippen LogP contribution >= 0.6 is 0 Å². The molecule has 1 amide bonds. The van der Waals surface area contributed by atoms with Crippen LogP contribution in [0.25, 0.3) is 0 Å². The fourth-order valence-electron chi connectivity index (χ4n) is 2.24. The lowest BCUT2D eigenvalue weighted by atomic mass is 10.0. The number of nitrogens with one attached hydrogen (secondary N) is 1. The van der Waals surface area contributed by atoms with Gasteiger partial charge in [-0.05, 0) is 24.3 Å². The molecule has 0 heterocycles. The monoisotopic (exact) mass is 623 g/mol. The van der Waals surface area contributed by atoms with Gasteiger partial charge in [-0.1, -0.05) is 0 Å². The molecule has 0 aromatic heterocycles. The molecule has 22 heteroatoms. The van der Waals surface area contributed by atoms with Gasteiger partial charge in [-0.15, -0.1) is 0 Å². The Balaban J connectivity index is 3.02. The molecule has 2 N–H and O–H groups in total. The number of carbonyl (C=O) groups excluding carboxylic acids is 1. The summed E-state index contributed by atoms with van der Waals surface area (Å²) in [5.41, 5.74) is -0.680. The number of benzene rings is 1. The van der Waals surface area contributed by atoms with E-state index in [2.05, 4.69) is 4.18 Å². The van der Waals surface area contributed by atoms with Crippen LogP contribution in [-0.4, -0.2) is 68.0 Å². The fourth-order valence-corrected chi connectivity index (χ4v) is 3.67. The molecule has 0 spiro atoms. The second-order valence-corrected chi connectivity index (χ2v) is 10.4. The number of alkyl halides is 12. The Kier molecular flexibility index (Phi) is 8.75. The molecular formula is C16H13F12NO7S2. The van der Waals surface area contributed by atoms with Gasteiger partial charge in [-0.2, -0.15) is 69.5 Å². The minimum Gasteiger partial charge on any atom is -0.378 e. The Morgan fingerprint density at radius 1 is 0.816 bits per heavy atom. The average Bonchev–Trinajstić information content (AvgIpc) is 2.71. The number of hydrogen-bond donors (Lipinski definition) is 2. The summed E-state index contributed by atoms with van der Waals surface area (Å²) in [4.78, 5) is 11.8. The van der Waals surface area contributed by atoms with Crippen molar-refractivity contribution in [2.24, 2.45) is 0 Å². The van der Waals surface area contributed by atoms with E-state index >= 15 is 0 Å². The maximum Gasteiger partial charge on any atom is 0.450 e. The van der Waals surface area contributed by atoms with Crippen molar-refractivity contribution in [3.8, 4) is 5.75 Å². The molecule has 0 bridgehead atoms. The second kappa shape index (κ2) is 9.92. The molecule has 0 radical (unpaired) electrons. The highest BCUT2D eigenvalue weighted by Crippen LogP contribution is 2.51. The Morgan fingerprint density at radius 2 is 1.26 bits per heavy atom. The molecule has 220 valence electrons. The molecule has 0 saturated heterocycles. The largest absolute Gasteiger partial charge is 0.450 e. The first-order chi connectivity index (χ1) is 16.6. The van der Waals surface area contributed by atoms with Crippen molar-refractivity contribution in [3.05, 3.63) is 29.8 Å². The highest BCUT2D eigenvalue weighted by atomic mass is 32.2. The number of halogens is 12. The van der Waals surface area contributed by atoms with Crippen LogP contribution in [0.5, 0.6) is 5.75 Å². The number of amides is 1. The van der Waals surface area contributed by atoms with Crippen LogP contribution in [0.4, 0.5) is 52.7 Å². The molecule has 0 fully saturated rings. The molecule has 1 rings (SSSR count). The zero-order valence-electron chi connectivity index (χ0n) is 18.0. The van der Waals surface area contributed by atoms with Crippen LogP contribution in [0, 0.1) is 0 Å². The maximum absolute atomic E-state index is 13.7. The SMILES string of the molecule is CC(F)(F)C(F)(F)C(F)(F)CCNC(=O)c1ccc(OS(=O)(=O)C(F)(F)C(F)(F)C(F)(F)S(=O)(=O)O)cc1. The van der Waals surface area contributed by atoms with Gasteiger partial charge in [0.2, 0.25) is 0 Å². The Labute approximate surface area is 204 Å². The van der Waals surface area contributed by atoms with E-state index in [4.69, 9.17) is 4.55 Å². The van der Waals surface area contributed by atoms with Gasteiger partial charge in [0.05, 0.1) is 0 Å². The molecule has 1 aromatic rings. The second-order valence-electron chi connectivity index (χ2n) is 7.32. The Bertz CT molecular complexity index is 1240. The highest BCUT2D eigenvalue weighted by molar-refractivity contribution is 7.88. The highest BCUT2D eigenvalue weighted by Gasteiger charge is 2.83. The summed E-state index contributed by atoms with van der Waals surface area (Å²) in [7, 11) is -14.4. The lowest BCUT2D eigenvalue weighted by Crippen LogP contribution is -2.61. The minimum atomic E-state index is -7.28.